The number of nitrogen functional groups attached to an aromatic ring is 2. The molecular weight excluding hydrogens is 396 g/mol. The minimum Gasteiger partial charge on any atom is -0.490 e. The second kappa shape index (κ2) is 9.45. The predicted molar refractivity (Wildman–Crippen MR) is 117 cm³/mol. The molecule has 0 saturated heterocycles. The zero-order chi connectivity index (χ0) is 22.4. The third-order valence-corrected chi connectivity index (χ3v) is 4.36. The number of hydrogen-bond acceptors (Lipinski definition) is 8. The summed E-state index contributed by atoms with van der Waals surface area (Å²) < 4.78 is 11.3. The Bertz CT molecular complexity index is 1160. The number of amides is 1. The maximum Gasteiger partial charge on any atom is 0.262 e. The van der Waals surface area contributed by atoms with Gasteiger partial charge in [-0.25, -0.2) is 4.98 Å². The molecule has 0 aliphatic rings. The lowest BCUT2D eigenvalue weighted by atomic mass is 10.1. The van der Waals surface area contributed by atoms with Gasteiger partial charge in [-0.2, -0.15) is 10.2 Å². The number of aryl methyl sites for hydroxylation is 1. The van der Waals surface area contributed by atoms with Crippen LogP contribution in [0.15, 0.2) is 42.5 Å². The smallest absolute Gasteiger partial charge is 0.262 e. The van der Waals surface area contributed by atoms with Crippen molar-refractivity contribution >= 4 is 23.4 Å². The van der Waals surface area contributed by atoms with Crippen molar-refractivity contribution in [3.63, 3.8) is 0 Å². The summed E-state index contributed by atoms with van der Waals surface area (Å²) in [6, 6.07) is 14.4. The number of carbonyl (C=O) groups is 1. The number of anilines is 3. The molecular formula is C22H22N6O3. The molecule has 0 fully saturated rings. The molecule has 31 heavy (non-hydrogen) atoms. The zero-order valence-corrected chi connectivity index (χ0v) is 17.2. The Morgan fingerprint density at radius 1 is 1.13 bits per heavy atom. The van der Waals surface area contributed by atoms with Crippen LogP contribution >= 0.6 is 0 Å². The van der Waals surface area contributed by atoms with Crippen LogP contribution in [-0.2, 0) is 4.79 Å². The molecule has 0 unspecified atom stereocenters. The van der Waals surface area contributed by atoms with Crippen LogP contribution in [-0.4, -0.2) is 29.1 Å². The maximum atomic E-state index is 12.3. The molecule has 158 valence electrons. The van der Waals surface area contributed by atoms with Crippen molar-refractivity contribution in [1.82, 2.24) is 9.97 Å². The molecule has 3 rings (SSSR count). The van der Waals surface area contributed by atoms with Crippen LogP contribution in [0.5, 0.6) is 11.5 Å². The van der Waals surface area contributed by atoms with E-state index in [9.17, 15) is 10.1 Å². The SMILES string of the molecule is CCOc1cc(-c2nc(N)nc(N)c2C#N)ccc1OCC(=O)Nc1ccccc1C. The van der Waals surface area contributed by atoms with Crippen molar-refractivity contribution in [2.45, 2.75) is 13.8 Å². The Hall–Kier alpha value is -4.32. The lowest BCUT2D eigenvalue weighted by molar-refractivity contribution is -0.118. The lowest BCUT2D eigenvalue weighted by Crippen LogP contribution is -2.20. The van der Waals surface area contributed by atoms with Gasteiger partial charge in [-0.3, -0.25) is 4.79 Å². The van der Waals surface area contributed by atoms with Gasteiger partial charge >= 0.3 is 0 Å². The first-order valence-corrected chi connectivity index (χ1v) is 9.51. The van der Waals surface area contributed by atoms with E-state index >= 15 is 0 Å². The summed E-state index contributed by atoms with van der Waals surface area (Å²) in [6.45, 7) is 3.90. The van der Waals surface area contributed by atoms with Gasteiger partial charge in [0, 0.05) is 11.3 Å². The Labute approximate surface area is 179 Å². The van der Waals surface area contributed by atoms with Gasteiger partial charge in [0.2, 0.25) is 5.95 Å². The number of nitrogens with zero attached hydrogens (tertiary/aromatic N) is 3. The average molecular weight is 418 g/mol. The van der Waals surface area contributed by atoms with Crippen LogP contribution in [0.1, 0.15) is 18.1 Å². The minimum absolute atomic E-state index is 0.00355. The van der Waals surface area contributed by atoms with E-state index in [0.29, 0.717) is 23.7 Å². The molecule has 1 aromatic heterocycles. The second-order valence-corrected chi connectivity index (χ2v) is 6.55. The van der Waals surface area contributed by atoms with Crippen molar-refractivity contribution in [2.75, 3.05) is 30.0 Å². The highest BCUT2D eigenvalue weighted by molar-refractivity contribution is 5.92. The van der Waals surface area contributed by atoms with Crippen LogP contribution < -0.4 is 26.3 Å². The predicted octanol–water partition coefficient (Wildman–Crippen LogP) is 2.90. The summed E-state index contributed by atoms with van der Waals surface area (Å²) in [6.07, 6.45) is 0. The normalized spacial score (nSPS) is 10.2. The van der Waals surface area contributed by atoms with E-state index in [1.165, 1.54) is 0 Å². The minimum atomic E-state index is -0.302. The van der Waals surface area contributed by atoms with Gasteiger partial charge in [-0.15, -0.1) is 0 Å². The standard InChI is InChI=1S/C22H22N6O3/c1-3-30-18-10-14(20-15(11-23)21(24)28-22(25)27-20)8-9-17(18)31-12-19(29)26-16-7-5-4-6-13(16)2/h4-10H,3,12H2,1-2H3,(H,26,29)(H4,24,25,27,28). The molecule has 0 aliphatic carbocycles. The molecule has 9 nitrogen and oxygen atoms in total. The summed E-state index contributed by atoms with van der Waals surface area (Å²) in [5.41, 5.74) is 14.1. The Balaban J connectivity index is 1.82. The van der Waals surface area contributed by atoms with E-state index in [1.807, 2.05) is 44.2 Å². The van der Waals surface area contributed by atoms with E-state index in [2.05, 4.69) is 15.3 Å². The van der Waals surface area contributed by atoms with Crippen LogP contribution in [0, 0.1) is 18.3 Å². The fourth-order valence-electron chi connectivity index (χ4n) is 2.90. The quantitative estimate of drug-likeness (QED) is 0.530. The van der Waals surface area contributed by atoms with Gasteiger partial charge < -0.3 is 26.3 Å². The van der Waals surface area contributed by atoms with Crippen molar-refractivity contribution in [1.29, 1.82) is 5.26 Å². The summed E-state index contributed by atoms with van der Waals surface area (Å²) in [7, 11) is 0. The highest BCUT2D eigenvalue weighted by Crippen LogP contribution is 2.34. The molecule has 1 heterocycles. The highest BCUT2D eigenvalue weighted by Gasteiger charge is 2.16. The summed E-state index contributed by atoms with van der Waals surface area (Å²) in [4.78, 5) is 20.3. The lowest BCUT2D eigenvalue weighted by Gasteiger charge is -2.14. The second-order valence-electron chi connectivity index (χ2n) is 6.55. The molecule has 9 heteroatoms. The van der Waals surface area contributed by atoms with Gasteiger partial charge in [0.25, 0.3) is 5.91 Å². The van der Waals surface area contributed by atoms with Crippen molar-refractivity contribution < 1.29 is 14.3 Å². The average Bonchev–Trinajstić information content (AvgIpc) is 2.74. The number of nitrogens with one attached hydrogen (secondary N) is 1. The van der Waals surface area contributed by atoms with Crippen LogP contribution in [0.4, 0.5) is 17.5 Å². The molecule has 2 aromatic carbocycles. The number of ether oxygens (including phenoxy) is 2. The molecule has 0 saturated carbocycles. The number of hydrogen-bond donors (Lipinski definition) is 3. The fraction of sp³-hybridized carbons (Fsp3) is 0.182. The molecule has 0 atom stereocenters. The molecule has 5 N–H and O–H groups in total. The molecule has 0 spiro atoms. The topological polar surface area (TPSA) is 149 Å². The molecule has 1 amide bonds. The van der Waals surface area contributed by atoms with E-state index in [1.54, 1.807) is 18.2 Å². The molecule has 0 radical (unpaired) electrons. The number of carbonyl (C=O) groups excluding carboxylic acids is 1. The van der Waals surface area contributed by atoms with E-state index < -0.39 is 0 Å². The zero-order valence-electron chi connectivity index (χ0n) is 17.2. The Kier molecular flexibility index (Phi) is 6.52. The van der Waals surface area contributed by atoms with Crippen LogP contribution in [0.3, 0.4) is 0 Å². The first kappa shape index (κ1) is 21.4. The van der Waals surface area contributed by atoms with E-state index in [-0.39, 0.29) is 35.5 Å². The monoisotopic (exact) mass is 418 g/mol. The third kappa shape index (κ3) is 5.00. The molecule has 3 aromatic rings. The van der Waals surface area contributed by atoms with Crippen molar-refractivity contribution in [3.05, 3.63) is 53.6 Å². The van der Waals surface area contributed by atoms with Gasteiger partial charge in [-0.05, 0) is 43.7 Å². The number of para-hydroxylation sites is 1. The van der Waals surface area contributed by atoms with Crippen molar-refractivity contribution in [3.8, 4) is 28.8 Å². The number of aromatic nitrogens is 2. The Morgan fingerprint density at radius 2 is 1.90 bits per heavy atom. The van der Waals surface area contributed by atoms with E-state index in [4.69, 9.17) is 20.9 Å². The number of nitriles is 1. The van der Waals surface area contributed by atoms with Gasteiger partial charge in [0.1, 0.15) is 17.5 Å². The third-order valence-electron chi connectivity index (χ3n) is 4.36. The Morgan fingerprint density at radius 3 is 2.61 bits per heavy atom. The van der Waals surface area contributed by atoms with Crippen LogP contribution in [0.2, 0.25) is 0 Å². The molecule has 0 aliphatic heterocycles. The summed E-state index contributed by atoms with van der Waals surface area (Å²) in [5.74, 6) is 0.417. The number of rotatable bonds is 7. The van der Waals surface area contributed by atoms with Gasteiger partial charge in [-0.1, -0.05) is 18.2 Å². The number of benzene rings is 2. The van der Waals surface area contributed by atoms with Gasteiger partial charge in [0.05, 0.1) is 12.3 Å². The number of nitrogens with two attached hydrogens (primary N) is 2. The van der Waals surface area contributed by atoms with Crippen LogP contribution in [0.25, 0.3) is 11.3 Å². The highest BCUT2D eigenvalue weighted by atomic mass is 16.5. The summed E-state index contributed by atoms with van der Waals surface area (Å²) in [5, 5.41) is 12.2. The molecule has 0 bridgehead atoms. The summed E-state index contributed by atoms with van der Waals surface area (Å²) >= 11 is 0. The maximum absolute atomic E-state index is 12.3. The van der Waals surface area contributed by atoms with Crippen molar-refractivity contribution in [2.24, 2.45) is 0 Å². The van der Waals surface area contributed by atoms with Gasteiger partial charge in [0.15, 0.2) is 18.1 Å². The van der Waals surface area contributed by atoms with E-state index in [0.717, 1.165) is 11.3 Å². The first-order chi connectivity index (χ1) is 14.9. The largest absolute Gasteiger partial charge is 0.490 e. The first-order valence-electron chi connectivity index (χ1n) is 9.51. The fourth-order valence-corrected chi connectivity index (χ4v) is 2.90.